The molecule has 0 fully saturated rings. The number of anilines is 1. The Morgan fingerprint density at radius 3 is 2.78 bits per heavy atom. The smallest absolute Gasteiger partial charge is 0.137 e. The SMILES string of the molecule is C=S(N)(=O)c1cccc(COc2cc3ncnc(NC(C)C)c3cc2Br)c1. The van der Waals surface area contributed by atoms with Crippen molar-refractivity contribution in [3.8, 4) is 5.75 Å². The van der Waals surface area contributed by atoms with Crippen molar-refractivity contribution in [1.82, 2.24) is 9.97 Å². The van der Waals surface area contributed by atoms with Gasteiger partial charge in [-0.05, 0) is 59.4 Å². The van der Waals surface area contributed by atoms with Gasteiger partial charge in [-0.1, -0.05) is 12.1 Å². The van der Waals surface area contributed by atoms with Crippen LogP contribution in [-0.2, 0) is 16.3 Å². The number of nitrogens with one attached hydrogen (secondary N) is 1. The van der Waals surface area contributed by atoms with Gasteiger partial charge in [-0.15, -0.1) is 0 Å². The number of aromatic nitrogens is 2. The molecule has 27 heavy (non-hydrogen) atoms. The summed E-state index contributed by atoms with van der Waals surface area (Å²) in [5, 5.41) is 9.84. The number of halogens is 1. The molecule has 0 saturated carbocycles. The average molecular weight is 449 g/mol. The summed E-state index contributed by atoms with van der Waals surface area (Å²) in [5.74, 6) is 4.95. The van der Waals surface area contributed by atoms with Crippen LogP contribution < -0.4 is 15.2 Å². The molecular weight excluding hydrogens is 428 g/mol. The molecule has 0 aliphatic carbocycles. The summed E-state index contributed by atoms with van der Waals surface area (Å²) in [6, 6.07) is 11.2. The number of nitrogens with zero attached hydrogens (tertiary/aromatic N) is 2. The quantitative estimate of drug-likeness (QED) is 0.560. The van der Waals surface area contributed by atoms with E-state index in [0.29, 0.717) is 17.3 Å². The molecule has 1 heterocycles. The summed E-state index contributed by atoms with van der Waals surface area (Å²) in [6.45, 7) is 4.41. The normalized spacial score (nSPS) is 13.5. The third kappa shape index (κ3) is 4.77. The minimum absolute atomic E-state index is 0.260. The van der Waals surface area contributed by atoms with E-state index in [2.05, 4.69) is 50.9 Å². The molecule has 0 saturated heterocycles. The standard InChI is InChI=1S/C19H21BrN4O2S/c1-12(2)24-19-15-8-16(20)18(9-17(15)22-11-23-19)26-10-13-5-4-6-14(7-13)27(3,21)25/h4-9,11-12H,3,10H2,1-2H3,(H2,21,25)(H,22,23,24). The first-order valence-corrected chi connectivity index (χ1v) is 10.9. The molecule has 0 radical (unpaired) electrons. The molecule has 1 aromatic heterocycles. The molecule has 0 spiro atoms. The van der Waals surface area contributed by atoms with E-state index in [9.17, 15) is 4.21 Å². The van der Waals surface area contributed by atoms with Gasteiger partial charge < -0.3 is 10.1 Å². The Labute approximate surface area is 167 Å². The van der Waals surface area contributed by atoms with Crippen LogP contribution in [0.15, 0.2) is 52.1 Å². The number of ether oxygens (including phenoxy) is 1. The van der Waals surface area contributed by atoms with Crippen molar-refractivity contribution in [2.75, 3.05) is 5.32 Å². The Hall–Kier alpha value is -2.16. The molecule has 2 aromatic carbocycles. The van der Waals surface area contributed by atoms with E-state index in [0.717, 1.165) is 26.8 Å². The lowest BCUT2D eigenvalue weighted by atomic mass is 10.2. The highest BCUT2D eigenvalue weighted by atomic mass is 79.9. The molecular formula is C19H21BrN4O2S. The van der Waals surface area contributed by atoms with Gasteiger partial charge in [0.1, 0.15) is 24.5 Å². The topological polar surface area (TPSA) is 90.1 Å². The average Bonchev–Trinajstić information content (AvgIpc) is 2.60. The van der Waals surface area contributed by atoms with Gasteiger partial charge >= 0.3 is 0 Å². The van der Waals surface area contributed by atoms with Crippen LogP contribution in [0.2, 0.25) is 0 Å². The second-order valence-electron chi connectivity index (χ2n) is 6.48. The third-order valence-electron chi connectivity index (χ3n) is 3.81. The van der Waals surface area contributed by atoms with Crippen molar-refractivity contribution in [1.29, 1.82) is 0 Å². The van der Waals surface area contributed by atoms with Gasteiger partial charge in [-0.25, -0.2) is 14.2 Å². The third-order valence-corrected chi connectivity index (χ3v) is 5.48. The Kier molecular flexibility index (Phi) is 5.69. The largest absolute Gasteiger partial charge is 0.488 e. The number of nitrogens with two attached hydrogens (primary N) is 1. The molecule has 3 rings (SSSR count). The van der Waals surface area contributed by atoms with Crippen molar-refractivity contribution in [2.24, 2.45) is 5.14 Å². The van der Waals surface area contributed by atoms with Crippen molar-refractivity contribution < 1.29 is 8.95 Å². The van der Waals surface area contributed by atoms with Crippen LogP contribution in [-0.4, -0.2) is 26.1 Å². The lowest BCUT2D eigenvalue weighted by molar-refractivity contribution is 0.304. The van der Waals surface area contributed by atoms with E-state index >= 15 is 0 Å². The van der Waals surface area contributed by atoms with Crippen LogP contribution in [0.1, 0.15) is 19.4 Å². The van der Waals surface area contributed by atoms with Gasteiger partial charge in [0.05, 0.1) is 19.7 Å². The Morgan fingerprint density at radius 1 is 1.30 bits per heavy atom. The number of benzene rings is 2. The van der Waals surface area contributed by atoms with Crippen molar-refractivity contribution in [3.63, 3.8) is 0 Å². The lowest BCUT2D eigenvalue weighted by Gasteiger charge is -2.14. The van der Waals surface area contributed by atoms with E-state index in [1.165, 1.54) is 6.33 Å². The summed E-state index contributed by atoms with van der Waals surface area (Å²) in [4.78, 5) is 9.15. The van der Waals surface area contributed by atoms with Gasteiger partial charge in [-0.3, -0.25) is 5.14 Å². The number of hydrogen-bond acceptors (Lipinski definition) is 5. The number of hydrogen-bond donors (Lipinski definition) is 2. The van der Waals surface area contributed by atoms with Crippen LogP contribution in [0.5, 0.6) is 5.75 Å². The first-order chi connectivity index (χ1) is 12.7. The minimum atomic E-state index is -2.75. The fourth-order valence-corrected chi connectivity index (χ4v) is 3.69. The molecule has 6 nitrogen and oxygen atoms in total. The zero-order valence-electron chi connectivity index (χ0n) is 15.1. The van der Waals surface area contributed by atoms with Crippen LogP contribution in [0.25, 0.3) is 10.9 Å². The molecule has 3 N–H and O–H groups in total. The summed E-state index contributed by atoms with van der Waals surface area (Å²) >= 11 is 3.55. The summed E-state index contributed by atoms with van der Waals surface area (Å²) in [5.41, 5.74) is 1.63. The molecule has 0 aliphatic rings. The van der Waals surface area contributed by atoms with Crippen LogP contribution in [0.3, 0.4) is 0 Å². The zero-order valence-corrected chi connectivity index (χ0v) is 17.5. The Morgan fingerprint density at radius 2 is 2.07 bits per heavy atom. The summed E-state index contributed by atoms with van der Waals surface area (Å²) in [6.07, 6.45) is 1.53. The van der Waals surface area contributed by atoms with Crippen LogP contribution in [0.4, 0.5) is 5.82 Å². The van der Waals surface area contributed by atoms with Crippen LogP contribution >= 0.6 is 15.9 Å². The van der Waals surface area contributed by atoms with Crippen molar-refractivity contribution >= 4 is 48.2 Å². The molecule has 8 heteroatoms. The predicted octanol–water partition coefficient (Wildman–Crippen LogP) is 3.74. The predicted molar refractivity (Wildman–Crippen MR) is 114 cm³/mol. The first-order valence-electron chi connectivity index (χ1n) is 8.31. The van der Waals surface area contributed by atoms with E-state index < -0.39 is 9.71 Å². The highest BCUT2D eigenvalue weighted by molar-refractivity contribution is 9.10. The number of rotatable bonds is 6. The number of fused-ring (bicyclic) bond motifs is 1. The van der Waals surface area contributed by atoms with Gasteiger partial charge in [0.15, 0.2) is 0 Å². The van der Waals surface area contributed by atoms with Crippen molar-refractivity contribution in [2.45, 2.75) is 31.4 Å². The fraction of sp³-hybridized carbons (Fsp3) is 0.211. The summed E-state index contributed by atoms with van der Waals surface area (Å²) in [7, 11) is -2.75. The van der Waals surface area contributed by atoms with E-state index in [1.807, 2.05) is 18.2 Å². The van der Waals surface area contributed by atoms with Crippen LogP contribution in [0, 0.1) is 0 Å². The molecule has 0 amide bonds. The van der Waals surface area contributed by atoms with Gasteiger partial charge in [-0.2, -0.15) is 0 Å². The monoisotopic (exact) mass is 448 g/mol. The maximum absolute atomic E-state index is 11.9. The van der Waals surface area contributed by atoms with E-state index in [4.69, 9.17) is 9.88 Å². The van der Waals surface area contributed by atoms with Gasteiger partial charge in [0.2, 0.25) is 0 Å². The second-order valence-corrected chi connectivity index (χ2v) is 9.26. The van der Waals surface area contributed by atoms with Gasteiger partial charge in [0, 0.05) is 22.4 Å². The van der Waals surface area contributed by atoms with Gasteiger partial charge in [0.25, 0.3) is 0 Å². The lowest BCUT2D eigenvalue weighted by Crippen LogP contribution is -2.12. The second kappa shape index (κ2) is 7.84. The molecule has 3 aromatic rings. The molecule has 0 bridgehead atoms. The van der Waals surface area contributed by atoms with Crippen molar-refractivity contribution in [3.05, 3.63) is 52.8 Å². The Balaban J connectivity index is 1.87. The Bertz CT molecular complexity index is 1080. The zero-order chi connectivity index (χ0) is 19.6. The molecule has 0 aliphatic heterocycles. The minimum Gasteiger partial charge on any atom is -0.488 e. The summed E-state index contributed by atoms with van der Waals surface area (Å²) < 4.78 is 18.7. The highest BCUT2D eigenvalue weighted by Gasteiger charge is 2.11. The fourth-order valence-electron chi connectivity index (χ4n) is 2.57. The molecule has 1 atom stereocenters. The first kappa shape index (κ1) is 19.6. The highest BCUT2D eigenvalue weighted by Crippen LogP contribution is 2.32. The maximum Gasteiger partial charge on any atom is 0.137 e. The molecule has 1 unspecified atom stereocenters. The molecule has 142 valence electrons. The van der Waals surface area contributed by atoms with E-state index in [-0.39, 0.29) is 6.04 Å². The van der Waals surface area contributed by atoms with E-state index in [1.54, 1.807) is 18.2 Å². The maximum atomic E-state index is 11.9.